The molecule has 2 aromatic carbocycles. The summed E-state index contributed by atoms with van der Waals surface area (Å²) in [5.41, 5.74) is 4.56. The molecular weight excluding hydrogens is 712 g/mol. The van der Waals surface area contributed by atoms with E-state index in [1.807, 2.05) is 65.8 Å². The topological polar surface area (TPSA) is 151 Å². The van der Waals surface area contributed by atoms with Crippen LogP contribution in [0, 0.1) is 0 Å². The lowest BCUT2D eigenvalue weighted by atomic mass is 9.92. The van der Waals surface area contributed by atoms with E-state index in [1.165, 1.54) is 26.0 Å². The van der Waals surface area contributed by atoms with E-state index < -0.39 is 0 Å². The van der Waals surface area contributed by atoms with Crippen molar-refractivity contribution in [3.05, 3.63) is 116 Å². The lowest BCUT2D eigenvalue weighted by molar-refractivity contribution is 0.380. The van der Waals surface area contributed by atoms with Crippen LogP contribution in [0.1, 0.15) is 64.1 Å². The quantitative estimate of drug-likeness (QED) is 0.182. The molecule has 6 aromatic rings. The molecule has 0 aliphatic carbocycles. The van der Waals surface area contributed by atoms with Crippen LogP contribution in [0.4, 0.5) is 0 Å². The van der Waals surface area contributed by atoms with Gasteiger partial charge in [0.25, 0.3) is 11.1 Å². The summed E-state index contributed by atoms with van der Waals surface area (Å²) in [7, 11) is 2.97. The molecule has 6 rings (SSSR count). The van der Waals surface area contributed by atoms with Crippen molar-refractivity contribution in [2.75, 3.05) is 19.5 Å². The second-order valence-corrected chi connectivity index (χ2v) is 14.4. The highest BCUT2D eigenvalue weighted by Crippen LogP contribution is 2.21. The molecule has 0 bridgehead atoms. The van der Waals surface area contributed by atoms with Gasteiger partial charge in [0.05, 0.1) is 26.6 Å². The summed E-state index contributed by atoms with van der Waals surface area (Å²) in [6.07, 6.45) is 5.00. The Balaban J connectivity index is 0.000000192. The normalized spacial score (nSPS) is 11.3. The van der Waals surface area contributed by atoms with Gasteiger partial charge >= 0.3 is 12.0 Å². The summed E-state index contributed by atoms with van der Waals surface area (Å²) in [4.78, 5) is 52.9. The molecule has 13 heteroatoms. The van der Waals surface area contributed by atoms with Gasteiger partial charge in [-0.3, -0.25) is 14.2 Å². The van der Waals surface area contributed by atoms with Gasteiger partial charge in [-0.2, -0.15) is 9.97 Å². The number of aryl methyl sites for hydroxylation is 3. The molecule has 0 aliphatic heterocycles. The Morgan fingerprint density at radius 2 is 1.20 bits per heavy atom. The molecule has 0 spiro atoms. The summed E-state index contributed by atoms with van der Waals surface area (Å²) in [5, 5.41) is 1.05. The maximum Gasteiger partial charge on any atom is 0.318 e. The summed E-state index contributed by atoms with van der Waals surface area (Å²) < 4.78 is 11.7. The molecule has 0 fully saturated rings. The van der Waals surface area contributed by atoms with Gasteiger partial charge in [-0.1, -0.05) is 118 Å². The van der Waals surface area contributed by atoms with Gasteiger partial charge in [0.15, 0.2) is 11.3 Å². The predicted octanol–water partition coefficient (Wildman–Crippen LogP) is 6.38. The van der Waals surface area contributed by atoms with Crippen LogP contribution >= 0.6 is 15.9 Å². The lowest BCUT2D eigenvalue weighted by Crippen LogP contribution is -2.33. The minimum Gasteiger partial charge on any atom is -0.467 e. The Kier molecular flexibility index (Phi) is 13.1. The molecule has 51 heavy (non-hydrogen) atoms. The van der Waals surface area contributed by atoms with Crippen LogP contribution < -0.4 is 20.6 Å². The highest BCUT2D eigenvalue weighted by Gasteiger charge is 2.24. The summed E-state index contributed by atoms with van der Waals surface area (Å²) in [6.45, 7) is 12.3. The Bertz CT molecular complexity index is 2160. The summed E-state index contributed by atoms with van der Waals surface area (Å²) in [5.74, 6) is 0. The number of H-pyrrole nitrogens is 1. The van der Waals surface area contributed by atoms with Gasteiger partial charge in [-0.15, -0.1) is 0 Å². The number of nitrogens with zero attached hydrogens (tertiary/aromatic N) is 7. The number of fused-ring (bicyclic) bond motifs is 2. The van der Waals surface area contributed by atoms with E-state index in [0.29, 0.717) is 40.3 Å². The third-order valence-corrected chi connectivity index (χ3v) is 7.97. The van der Waals surface area contributed by atoms with E-state index >= 15 is 0 Å². The first kappa shape index (κ1) is 38.8. The van der Waals surface area contributed by atoms with Crippen LogP contribution in [0.5, 0.6) is 12.0 Å². The number of aromatic amines is 1. The Labute approximate surface area is 305 Å². The van der Waals surface area contributed by atoms with Crippen molar-refractivity contribution < 1.29 is 9.47 Å². The van der Waals surface area contributed by atoms with Gasteiger partial charge in [-0.05, 0) is 24.0 Å². The molecule has 0 saturated carbocycles. The number of alkyl halides is 1. The number of ether oxygens (including phenoxy) is 2. The molecule has 0 unspecified atom stereocenters. The number of hydrogen-bond acceptors (Lipinski definition) is 10. The second kappa shape index (κ2) is 17.3. The molecule has 0 atom stereocenters. The zero-order valence-corrected chi connectivity index (χ0v) is 32.0. The maximum absolute atomic E-state index is 13.0. The van der Waals surface area contributed by atoms with E-state index in [2.05, 4.69) is 87.2 Å². The van der Waals surface area contributed by atoms with Crippen molar-refractivity contribution >= 4 is 38.3 Å². The molecule has 4 aromatic heterocycles. The summed E-state index contributed by atoms with van der Waals surface area (Å²) in [6, 6.07) is 21.0. The van der Waals surface area contributed by atoms with Gasteiger partial charge in [0, 0.05) is 22.7 Å². The van der Waals surface area contributed by atoms with E-state index in [4.69, 9.17) is 9.47 Å². The van der Waals surface area contributed by atoms with Crippen molar-refractivity contribution in [1.82, 2.24) is 39.5 Å². The van der Waals surface area contributed by atoms with Crippen molar-refractivity contribution in [2.45, 2.75) is 71.8 Å². The van der Waals surface area contributed by atoms with Crippen LogP contribution in [0.2, 0.25) is 0 Å². The number of rotatable bonds is 7. The first-order valence-electron chi connectivity index (χ1n) is 16.5. The number of hydrogen-bond donors (Lipinski definition) is 1. The number of aromatic nitrogens is 8. The fraction of sp³-hybridized carbons (Fsp3) is 0.368. The van der Waals surface area contributed by atoms with E-state index in [1.54, 1.807) is 10.8 Å². The number of benzene rings is 2. The highest BCUT2D eigenvalue weighted by atomic mass is 79.9. The number of nitrogens with one attached hydrogen (secondary N) is 1. The van der Waals surface area contributed by atoms with Crippen LogP contribution in [-0.4, -0.2) is 59.0 Å². The van der Waals surface area contributed by atoms with E-state index in [0.717, 1.165) is 23.7 Å². The molecule has 0 amide bonds. The van der Waals surface area contributed by atoms with Crippen LogP contribution in [-0.2, 0) is 30.2 Å². The zero-order valence-electron chi connectivity index (χ0n) is 30.4. The maximum atomic E-state index is 13.0. The average Bonchev–Trinajstić information content (AvgIpc) is 3.11. The fourth-order valence-corrected chi connectivity index (χ4v) is 5.39. The zero-order chi connectivity index (χ0) is 37.2. The fourth-order valence-electron chi connectivity index (χ4n) is 4.93. The number of halogens is 1. The van der Waals surface area contributed by atoms with Crippen molar-refractivity contribution in [1.29, 1.82) is 0 Å². The molecule has 1 N–H and O–H groups in total. The van der Waals surface area contributed by atoms with Gasteiger partial charge < -0.3 is 14.5 Å². The summed E-state index contributed by atoms with van der Waals surface area (Å²) >= 11 is 3.39. The SMILES string of the molecule is BrCCc1ccccc1.COc1ncc2nc(C(C)(C)C)c(=O)[nH]c2n1.COc1ncc2nc(C(C)(C)C)c(=O)n(CCc3ccccc3)c2n1. The molecule has 12 nitrogen and oxygen atoms in total. The van der Waals surface area contributed by atoms with Crippen molar-refractivity contribution in [3.8, 4) is 12.0 Å². The predicted molar refractivity (Wildman–Crippen MR) is 204 cm³/mol. The third-order valence-electron chi connectivity index (χ3n) is 7.57. The van der Waals surface area contributed by atoms with E-state index in [-0.39, 0.29) is 34.0 Å². The van der Waals surface area contributed by atoms with Gasteiger partial charge in [0.2, 0.25) is 0 Å². The Morgan fingerprint density at radius 1 is 0.686 bits per heavy atom. The van der Waals surface area contributed by atoms with Crippen molar-refractivity contribution in [2.24, 2.45) is 0 Å². The average molecular weight is 758 g/mol. The van der Waals surface area contributed by atoms with Gasteiger partial charge in [-0.25, -0.2) is 19.9 Å². The minimum absolute atomic E-state index is 0.114. The molecule has 4 heterocycles. The second-order valence-electron chi connectivity index (χ2n) is 13.6. The minimum atomic E-state index is -0.361. The Hall–Kier alpha value is -5.04. The standard InChI is InChI=1S/C19H22N4O2.C11H14N4O2.C8H9Br/c1-19(2,3)15-17(24)23(11-10-13-8-6-5-7-9-13)16-14(21-15)12-20-18(22-16)25-4;1-11(2,3)7-9(16)14-8-6(13-7)5-12-10(15-8)17-4;9-7-6-8-4-2-1-3-5-8/h5-9,12H,10-11H2,1-4H3;5H,1-4H3,(H,12,14,15,16);1-5H,6-7H2. The lowest BCUT2D eigenvalue weighted by Gasteiger charge is -2.19. The van der Waals surface area contributed by atoms with Crippen molar-refractivity contribution in [3.63, 3.8) is 0 Å². The van der Waals surface area contributed by atoms with Gasteiger partial charge in [0.1, 0.15) is 22.4 Å². The first-order chi connectivity index (χ1) is 24.2. The largest absolute Gasteiger partial charge is 0.467 e. The Morgan fingerprint density at radius 3 is 1.73 bits per heavy atom. The van der Waals surface area contributed by atoms with Crippen LogP contribution in [0.25, 0.3) is 22.3 Å². The monoisotopic (exact) mass is 756 g/mol. The molecule has 268 valence electrons. The first-order valence-corrected chi connectivity index (χ1v) is 17.6. The smallest absolute Gasteiger partial charge is 0.318 e. The molecule has 0 radical (unpaired) electrons. The molecular formula is C38H45BrN8O4. The molecule has 0 saturated heterocycles. The van der Waals surface area contributed by atoms with Crippen LogP contribution in [0.3, 0.4) is 0 Å². The van der Waals surface area contributed by atoms with E-state index in [9.17, 15) is 9.59 Å². The van der Waals surface area contributed by atoms with Crippen LogP contribution in [0.15, 0.2) is 82.6 Å². The third kappa shape index (κ3) is 10.5. The molecule has 0 aliphatic rings. The number of methoxy groups -OCH3 is 2. The highest BCUT2D eigenvalue weighted by molar-refractivity contribution is 9.09.